The molecule has 1 aromatic rings. The summed E-state index contributed by atoms with van der Waals surface area (Å²) in [6.07, 6.45) is -0.223. The molecule has 5 nitrogen and oxygen atoms in total. The third kappa shape index (κ3) is 7.26. The van der Waals surface area contributed by atoms with E-state index in [0.29, 0.717) is 32.3 Å². The number of hydrogen-bond donors (Lipinski definition) is 2. The zero-order valence-corrected chi connectivity index (χ0v) is 13.6. The Hall–Kier alpha value is -1.82. The van der Waals surface area contributed by atoms with E-state index in [9.17, 15) is 4.39 Å². The lowest BCUT2D eigenvalue weighted by molar-refractivity contribution is 0.152. The van der Waals surface area contributed by atoms with Crippen molar-refractivity contribution in [3.63, 3.8) is 0 Å². The summed E-state index contributed by atoms with van der Waals surface area (Å²) < 4.78 is 24.3. The summed E-state index contributed by atoms with van der Waals surface area (Å²) in [5.74, 6) is 0.589. The number of para-hydroxylation sites is 1. The van der Waals surface area contributed by atoms with Gasteiger partial charge in [-0.3, -0.25) is 0 Å². The van der Waals surface area contributed by atoms with Crippen molar-refractivity contribution in [1.29, 1.82) is 0 Å². The van der Waals surface area contributed by atoms with Gasteiger partial charge >= 0.3 is 0 Å². The maximum absolute atomic E-state index is 13.5. The molecule has 0 aliphatic carbocycles. The minimum atomic E-state index is -0.361. The van der Waals surface area contributed by atoms with Gasteiger partial charge < -0.3 is 20.1 Å². The summed E-state index contributed by atoms with van der Waals surface area (Å²) in [5.41, 5.74) is 0. The largest absolute Gasteiger partial charge is 0.486 e. The quantitative estimate of drug-likeness (QED) is 0.417. The van der Waals surface area contributed by atoms with E-state index in [1.54, 1.807) is 18.2 Å². The third-order valence-corrected chi connectivity index (χ3v) is 2.76. The van der Waals surface area contributed by atoms with E-state index in [4.69, 9.17) is 9.47 Å². The minimum Gasteiger partial charge on any atom is -0.486 e. The van der Waals surface area contributed by atoms with E-state index in [2.05, 4.69) is 15.6 Å². The lowest BCUT2D eigenvalue weighted by atomic mass is 10.3. The highest BCUT2D eigenvalue weighted by atomic mass is 19.1. The second-order valence-corrected chi connectivity index (χ2v) is 4.70. The van der Waals surface area contributed by atoms with Crippen molar-refractivity contribution in [2.75, 3.05) is 32.8 Å². The van der Waals surface area contributed by atoms with E-state index in [1.807, 2.05) is 20.8 Å². The van der Waals surface area contributed by atoms with Crippen molar-refractivity contribution in [1.82, 2.24) is 10.6 Å². The molecular weight excluding hydrogens is 285 g/mol. The van der Waals surface area contributed by atoms with Gasteiger partial charge in [-0.1, -0.05) is 12.1 Å². The normalized spacial score (nSPS) is 12.8. The Morgan fingerprint density at radius 2 is 2.05 bits per heavy atom. The van der Waals surface area contributed by atoms with Gasteiger partial charge in [0.05, 0.1) is 13.2 Å². The summed E-state index contributed by atoms with van der Waals surface area (Å²) >= 11 is 0. The van der Waals surface area contributed by atoms with Gasteiger partial charge in [0.25, 0.3) is 0 Å². The SMILES string of the molecule is CCNC(=NCC(C)Oc1ccccc1F)NCCOCC. The fourth-order valence-electron chi connectivity index (χ4n) is 1.74. The monoisotopic (exact) mass is 311 g/mol. The average Bonchev–Trinajstić information content (AvgIpc) is 2.51. The van der Waals surface area contributed by atoms with E-state index < -0.39 is 0 Å². The number of guanidine groups is 1. The first-order chi connectivity index (χ1) is 10.7. The molecule has 0 aliphatic heterocycles. The van der Waals surface area contributed by atoms with Crippen LogP contribution in [0.5, 0.6) is 5.75 Å². The fourth-order valence-corrected chi connectivity index (χ4v) is 1.74. The van der Waals surface area contributed by atoms with Crippen molar-refractivity contribution in [3.05, 3.63) is 30.1 Å². The van der Waals surface area contributed by atoms with Crippen LogP contribution in [-0.2, 0) is 4.74 Å². The Bertz CT molecular complexity index is 455. The Kier molecular flexibility index (Phi) is 8.98. The van der Waals surface area contributed by atoms with E-state index in [1.165, 1.54) is 6.07 Å². The molecule has 0 spiro atoms. The topological polar surface area (TPSA) is 54.9 Å². The highest BCUT2D eigenvalue weighted by Gasteiger charge is 2.08. The molecule has 0 fully saturated rings. The molecular formula is C16H26FN3O2. The number of aliphatic imine (C=N–C) groups is 1. The molecule has 1 rings (SSSR count). The fraction of sp³-hybridized carbons (Fsp3) is 0.562. The molecule has 0 bridgehead atoms. The van der Waals surface area contributed by atoms with Crippen LogP contribution in [0.2, 0.25) is 0 Å². The second kappa shape index (κ2) is 10.8. The van der Waals surface area contributed by atoms with Crippen LogP contribution in [-0.4, -0.2) is 44.9 Å². The number of benzene rings is 1. The number of hydrogen-bond acceptors (Lipinski definition) is 3. The zero-order valence-electron chi connectivity index (χ0n) is 13.6. The molecule has 0 aliphatic rings. The molecule has 0 saturated heterocycles. The van der Waals surface area contributed by atoms with Crippen LogP contribution in [0.15, 0.2) is 29.3 Å². The van der Waals surface area contributed by atoms with Gasteiger partial charge in [-0.25, -0.2) is 9.38 Å². The van der Waals surface area contributed by atoms with Gasteiger partial charge in [-0.15, -0.1) is 0 Å². The van der Waals surface area contributed by atoms with Crippen molar-refractivity contribution in [3.8, 4) is 5.75 Å². The molecule has 124 valence electrons. The summed E-state index contributed by atoms with van der Waals surface area (Å²) in [6, 6.07) is 6.37. The molecule has 0 saturated carbocycles. The Morgan fingerprint density at radius 3 is 2.73 bits per heavy atom. The second-order valence-electron chi connectivity index (χ2n) is 4.70. The maximum Gasteiger partial charge on any atom is 0.191 e. The standard InChI is InChI=1S/C16H26FN3O2/c1-4-18-16(19-10-11-21-5-2)20-12-13(3)22-15-9-7-6-8-14(15)17/h6-9,13H,4-5,10-12H2,1-3H3,(H2,18,19,20). The smallest absolute Gasteiger partial charge is 0.191 e. The van der Waals surface area contributed by atoms with Crippen molar-refractivity contribution >= 4 is 5.96 Å². The molecule has 6 heteroatoms. The summed E-state index contributed by atoms with van der Waals surface area (Å²) in [4.78, 5) is 4.43. The van der Waals surface area contributed by atoms with Crippen LogP contribution >= 0.6 is 0 Å². The maximum atomic E-state index is 13.5. The number of halogens is 1. The van der Waals surface area contributed by atoms with Gasteiger partial charge in [-0.2, -0.15) is 0 Å². The summed E-state index contributed by atoms with van der Waals surface area (Å²) in [5, 5.41) is 6.31. The molecule has 2 N–H and O–H groups in total. The van der Waals surface area contributed by atoms with Gasteiger partial charge in [0.15, 0.2) is 17.5 Å². The lowest BCUT2D eigenvalue weighted by Crippen LogP contribution is -2.39. The van der Waals surface area contributed by atoms with Crippen LogP contribution < -0.4 is 15.4 Å². The molecule has 0 heterocycles. The van der Waals surface area contributed by atoms with Crippen LogP contribution in [0.3, 0.4) is 0 Å². The van der Waals surface area contributed by atoms with Gasteiger partial charge in [-0.05, 0) is 32.9 Å². The Balaban J connectivity index is 2.45. The Morgan fingerprint density at radius 1 is 1.27 bits per heavy atom. The lowest BCUT2D eigenvalue weighted by Gasteiger charge is -2.15. The molecule has 22 heavy (non-hydrogen) atoms. The number of nitrogens with zero attached hydrogens (tertiary/aromatic N) is 1. The number of rotatable bonds is 9. The number of ether oxygens (including phenoxy) is 2. The van der Waals surface area contributed by atoms with Gasteiger partial charge in [0.2, 0.25) is 0 Å². The molecule has 1 atom stereocenters. The van der Waals surface area contributed by atoms with Gasteiger partial charge in [0.1, 0.15) is 6.10 Å². The van der Waals surface area contributed by atoms with E-state index in [0.717, 1.165) is 6.54 Å². The van der Waals surface area contributed by atoms with Crippen LogP contribution in [0.1, 0.15) is 20.8 Å². The van der Waals surface area contributed by atoms with Crippen molar-refractivity contribution in [2.24, 2.45) is 4.99 Å². The van der Waals surface area contributed by atoms with Crippen LogP contribution in [0.4, 0.5) is 4.39 Å². The zero-order chi connectivity index (χ0) is 16.2. The van der Waals surface area contributed by atoms with Crippen molar-refractivity contribution in [2.45, 2.75) is 26.9 Å². The molecule has 0 amide bonds. The average molecular weight is 311 g/mol. The molecule has 0 aromatic heterocycles. The van der Waals surface area contributed by atoms with Crippen LogP contribution in [0.25, 0.3) is 0 Å². The first-order valence-electron chi connectivity index (χ1n) is 7.68. The third-order valence-electron chi connectivity index (χ3n) is 2.76. The Labute approximate surface area is 131 Å². The minimum absolute atomic E-state index is 0.223. The van der Waals surface area contributed by atoms with Gasteiger partial charge in [0, 0.05) is 19.7 Å². The highest BCUT2D eigenvalue weighted by molar-refractivity contribution is 5.79. The van der Waals surface area contributed by atoms with E-state index in [-0.39, 0.29) is 17.7 Å². The first-order valence-corrected chi connectivity index (χ1v) is 7.68. The molecule has 1 aromatic carbocycles. The van der Waals surface area contributed by atoms with Crippen LogP contribution in [0, 0.1) is 5.82 Å². The number of nitrogens with one attached hydrogen (secondary N) is 2. The predicted molar refractivity (Wildman–Crippen MR) is 87.0 cm³/mol. The molecule has 1 unspecified atom stereocenters. The summed E-state index contributed by atoms with van der Waals surface area (Å²) in [6.45, 7) is 9.02. The summed E-state index contributed by atoms with van der Waals surface area (Å²) in [7, 11) is 0. The predicted octanol–water partition coefficient (Wildman–Crippen LogP) is 2.18. The first kappa shape index (κ1) is 18.2. The van der Waals surface area contributed by atoms with E-state index >= 15 is 0 Å². The highest BCUT2D eigenvalue weighted by Crippen LogP contribution is 2.16. The molecule has 0 radical (unpaired) electrons. The van der Waals surface area contributed by atoms with Crippen molar-refractivity contribution < 1.29 is 13.9 Å².